The van der Waals surface area contributed by atoms with E-state index >= 15 is 0 Å². The Hall–Kier alpha value is -0.860. The van der Waals surface area contributed by atoms with Gasteiger partial charge in [-0.25, -0.2) is 0 Å². The van der Waals surface area contributed by atoms with Gasteiger partial charge < -0.3 is 5.32 Å². The van der Waals surface area contributed by atoms with E-state index in [0.717, 1.165) is 24.7 Å². The summed E-state index contributed by atoms with van der Waals surface area (Å²) in [6, 6.07) is 9.84. The van der Waals surface area contributed by atoms with Crippen molar-refractivity contribution >= 4 is 0 Å². The smallest absolute Gasteiger partial charge is 0.0322 e. The van der Waals surface area contributed by atoms with Crippen molar-refractivity contribution in [3.63, 3.8) is 0 Å². The maximum absolute atomic E-state index is 3.77. The van der Waals surface area contributed by atoms with E-state index in [2.05, 4.69) is 56.1 Å². The second-order valence-electron chi connectivity index (χ2n) is 7.19. The number of hydrogen-bond donors (Lipinski definition) is 1. The second-order valence-corrected chi connectivity index (χ2v) is 7.19. The number of fused-ring (bicyclic) bond motifs is 2. The molecule has 2 fully saturated rings. The molecule has 0 aromatic heterocycles. The van der Waals surface area contributed by atoms with E-state index in [4.69, 9.17) is 0 Å². The summed E-state index contributed by atoms with van der Waals surface area (Å²) < 4.78 is 0. The van der Waals surface area contributed by atoms with Crippen molar-refractivity contribution in [3.05, 3.63) is 34.9 Å². The first-order chi connectivity index (χ1) is 10.1. The lowest BCUT2D eigenvalue weighted by Crippen LogP contribution is -2.48. The van der Waals surface area contributed by atoms with Gasteiger partial charge >= 0.3 is 0 Å². The minimum absolute atomic E-state index is 0.524. The first-order valence-corrected chi connectivity index (χ1v) is 8.66. The Balaban J connectivity index is 1.78. The van der Waals surface area contributed by atoms with Crippen LogP contribution in [0.3, 0.4) is 0 Å². The standard InChI is InChI=1S/C19H30N2/c1-5-21(19-11-17-6-7-18(12-19)20-17)15(4)16-9-13(2)8-14(3)10-16/h8-10,15,17-20H,5-7,11-12H2,1-4H3. The minimum Gasteiger partial charge on any atom is -0.311 e. The molecule has 3 unspecified atom stereocenters. The van der Waals surface area contributed by atoms with Crippen molar-refractivity contribution < 1.29 is 0 Å². The van der Waals surface area contributed by atoms with Crippen LogP contribution in [0.25, 0.3) is 0 Å². The number of hydrogen-bond acceptors (Lipinski definition) is 2. The predicted octanol–water partition coefficient (Wildman–Crippen LogP) is 3.97. The van der Waals surface area contributed by atoms with Crippen molar-refractivity contribution in [2.45, 2.75) is 77.5 Å². The average molecular weight is 286 g/mol. The highest BCUT2D eigenvalue weighted by Crippen LogP contribution is 2.34. The zero-order valence-electron chi connectivity index (χ0n) is 14.0. The molecule has 0 spiro atoms. The molecule has 1 aromatic rings. The van der Waals surface area contributed by atoms with Crippen molar-refractivity contribution in [2.75, 3.05) is 6.54 Å². The molecule has 116 valence electrons. The third-order valence-corrected chi connectivity index (χ3v) is 5.51. The molecule has 2 aliphatic rings. The maximum atomic E-state index is 3.77. The first-order valence-electron chi connectivity index (χ1n) is 8.66. The highest BCUT2D eigenvalue weighted by Gasteiger charge is 2.37. The van der Waals surface area contributed by atoms with Crippen LogP contribution in [0.2, 0.25) is 0 Å². The Morgan fingerprint density at radius 1 is 1.10 bits per heavy atom. The van der Waals surface area contributed by atoms with E-state index in [1.165, 1.54) is 42.4 Å². The normalized spacial score (nSPS) is 29.9. The lowest BCUT2D eigenvalue weighted by atomic mass is 9.94. The van der Waals surface area contributed by atoms with Crippen LogP contribution >= 0.6 is 0 Å². The molecule has 2 nitrogen and oxygen atoms in total. The molecule has 2 saturated heterocycles. The molecule has 0 radical (unpaired) electrons. The summed E-state index contributed by atoms with van der Waals surface area (Å²) in [6.45, 7) is 10.3. The van der Waals surface area contributed by atoms with Crippen molar-refractivity contribution in [1.29, 1.82) is 0 Å². The van der Waals surface area contributed by atoms with E-state index < -0.39 is 0 Å². The third kappa shape index (κ3) is 3.17. The Kier molecular flexibility index (Phi) is 4.37. The fraction of sp³-hybridized carbons (Fsp3) is 0.684. The molecule has 1 N–H and O–H groups in total. The summed E-state index contributed by atoms with van der Waals surface area (Å²) in [7, 11) is 0. The summed E-state index contributed by atoms with van der Waals surface area (Å²) in [6.07, 6.45) is 5.44. The van der Waals surface area contributed by atoms with Crippen LogP contribution in [0.4, 0.5) is 0 Å². The summed E-state index contributed by atoms with van der Waals surface area (Å²) >= 11 is 0. The zero-order chi connectivity index (χ0) is 15.0. The topological polar surface area (TPSA) is 15.3 Å². The van der Waals surface area contributed by atoms with Crippen molar-refractivity contribution in [3.8, 4) is 0 Å². The number of aryl methyl sites for hydroxylation is 2. The average Bonchev–Trinajstić information content (AvgIpc) is 2.77. The molecule has 3 rings (SSSR count). The van der Waals surface area contributed by atoms with Gasteiger partial charge in [0.05, 0.1) is 0 Å². The van der Waals surface area contributed by atoms with Gasteiger partial charge in [-0.3, -0.25) is 4.90 Å². The Morgan fingerprint density at radius 3 is 2.19 bits per heavy atom. The predicted molar refractivity (Wildman–Crippen MR) is 89.7 cm³/mol. The number of rotatable bonds is 4. The minimum atomic E-state index is 0.524. The Bertz CT molecular complexity index is 464. The quantitative estimate of drug-likeness (QED) is 0.901. The van der Waals surface area contributed by atoms with E-state index in [0.29, 0.717) is 6.04 Å². The monoisotopic (exact) mass is 286 g/mol. The van der Waals surface area contributed by atoms with Gasteiger partial charge in [0.2, 0.25) is 0 Å². The molecule has 2 aliphatic heterocycles. The lowest BCUT2D eigenvalue weighted by Gasteiger charge is -2.41. The van der Waals surface area contributed by atoms with Crippen molar-refractivity contribution in [1.82, 2.24) is 10.2 Å². The van der Waals surface area contributed by atoms with Crippen LogP contribution in [0.1, 0.15) is 62.3 Å². The van der Waals surface area contributed by atoms with Crippen molar-refractivity contribution in [2.24, 2.45) is 0 Å². The van der Waals surface area contributed by atoms with Crippen LogP contribution in [-0.4, -0.2) is 29.6 Å². The molecule has 3 atom stereocenters. The highest BCUT2D eigenvalue weighted by molar-refractivity contribution is 5.30. The van der Waals surface area contributed by atoms with Gasteiger partial charge in [-0.15, -0.1) is 0 Å². The fourth-order valence-corrected chi connectivity index (χ4v) is 4.59. The van der Waals surface area contributed by atoms with Crippen LogP contribution < -0.4 is 5.32 Å². The van der Waals surface area contributed by atoms with Crippen LogP contribution in [0, 0.1) is 13.8 Å². The maximum Gasteiger partial charge on any atom is 0.0322 e. The zero-order valence-corrected chi connectivity index (χ0v) is 14.0. The molecule has 2 bridgehead atoms. The fourth-order valence-electron chi connectivity index (χ4n) is 4.59. The molecule has 0 saturated carbocycles. The lowest BCUT2D eigenvalue weighted by molar-refractivity contribution is 0.107. The number of nitrogens with zero attached hydrogens (tertiary/aromatic N) is 1. The van der Waals surface area contributed by atoms with Gasteiger partial charge in [0, 0.05) is 24.2 Å². The van der Waals surface area contributed by atoms with Crippen LogP contribution in [0.5, 0.6) is 0 Å². The molecule has 2 heterocycles. The molecular weight excluding hydrogens is 256 g/mol. The van der Waals surface area contributed by atoms with Crippen LogP contribution in [0.15, 0.2) is 18.2 Å². The van der Waals surface area contributed by atoms with E-state index in [-0.39, 0.29) is 0 Å². The molecule has 2 heteroatoms. The summed E-state index contributed by atoms with van der Waals surface area (Å²) in [5.74, 6) is 0. The number of benzene rings is 1. The van der Waals surface area contributed by atoms with E-state index in [9.17, 15) is 0 Å². The Morgan fingerprint density at radius 2 is 1.67 bits per heavy atom. The van der Waals surface area contributed by atoms with E-state index in [1.54, 1.807) is 0 Å². The third-order valence-electron chi connectivity index (χ3n) is 5.51. The van der Waals surface area contributed by atoms with E-state index in [1.807, 2.05) is 0 Å². The highest BCUT2D eigenvalue weighted by atomic mass is 15.2. The Labute approximate surface area is 129 Å². The number of nitrogens with one attached hydrogen (secondary N) is 1. The summed E-state index contributed by atoms with van der Waals surface area (Å²) in [4.78, 5) is 2.74. The molecule has 0 aliphatic carbocycles. The first kappa shape index (κ1) is 15.1. The summed E-state index contributed by atoms with van der Waals surface area (Å²) in [5, 5.41) is 3.77. The molecule has 1 aromatic carbocycles. The van der Waals surface area contributed by atoms with Crippen LogP contribution in [-0.2, 0) is 0 Å². The molecular formula is C19H30N2. The van der Waals surface area contributed by atoms with Gasteiger partial charge in [-0.05, 0) is 58.6 Å². The van der Waals surface area contributed by atoms with Gasteiger partial charge in [0.25, 0.3) is 0 Å². The number of piperidine rings is 1. The molecule has 21 heavy (non-hydrogen) atoms. The van der Waals surface area contributed by atoms with Gasteiger partial charge in [0.15, 0.2) is 0 Å². The summed E-state index contributed by atoms with van der Waals surface area (Å²) in [5.41, 5.74) is 4.26. The SMILES string of the molecule is CCN(C1CC2CCC(C1)N2)C(C)c1cc(C)cc(C)c1. The van der Waals surface area contributed by atoms with Gasteiger partial charge in [-0.2, -0.15) is 0 Å². The van der Waals surface area contributed by atoms with Gasteiger partial charge in [0.1, 0.15) is 0 Å². The molecule has 0 amide bonds. The second kappa shape index (κ2) is 6.10. The van der Waals surface area contributed by atoms with Gasteiger partial charge in [-0.1, -0.05) is 36.2 Å². The largest absolute Gasteiger partial charge is 0.311 e.